The molecule has 1 aliphatic heterocycles. The summed E-state index contributed by atoms with van der Waals surface area (Å²) in [5, 5.41) is 0. The van der Waals surface area contributed by atoms with Crippen LogP contribution in [0.3, 0.4) is 0 Å². The van der Waals surface area contributed by atoms with E-state index in [4.69, 9.17) is 19.2 Å². The molecule has 238 valence electrons. The highest BCUT2D eigenvalue weighted by atomic mass is 127. The Labute approximate surface area is 295 Å². The van der Waals surface area contributed by atoms with Crippen molar-refractivity contribution in [3.05, 3.63) is 152 Å². The summed E-state index contributed by atoms with van der Waals surface area (Å²) in [5.41, 5.74) is 3.22. The van der Waals surface area contributed by atoms with E-state index in [0.717, 1.165) is 19.2 Å². The maximum Gasteiger partial charge on any atom is 0.338 e. The zero-order valence-corrected chi connectivity index (χ0v) is 29.8. The molecule has 0 spiro atoms. The summed E-state index contributed by atoms with van der Waals surface area (Å²) in [4.78, 5) is 33.0. The second-order valence-electron chi connectivity index (χ2n) is 10.4. The molecule has 47 heavy (non-hydrogen) atoms. The van der Waals surface area contributed by atoms with Crippen molar-refractivity contribution in [3.8, 4) is 11.5 Å². The molecule has 1 aliphatic rings. The molecular weight excluding hydrogens is 798 g/mol. The van der Waals surface area contributed by atoms with E-state index in [0.29, 0.717) is 44.3 Å². The number of methoxy groups -OCH3 is 1. The van der Waals surface area contributed by atoms with E-state index in [-0.39, 0.29) is 17.7 Å². The third-order valence-corrected chi connectivity index (χ3v) is 9.72. The summed E-state index contributed by atoms with van der Waals surface area (Å²) < 4.78 is 35.0. The molecule has 0 unspecified atom stereocenters. The number of fused-ring (bicyclic) bond motifs is 1. The van der Waals surface area contributed by atoms with Crippen molar-refractivity contribution in [1.82, 2.24) is 4.57 Å². The van der Waals surface area contributed by atoms with E-state index in [2.05, 4.69) is 38.5 Å². The monoisotopic (exact) mass is 824 g/mol. The lowest BCUT2D eigenvalue weighted by molar-refractivity contribution is -0.138. The lowest BCUT2D eigenvalue weighted by atomic mass is 9.93. The van der Waals surface area contributed by atoms with Gasteiger partial charge in [-0.25, -0.2) is 14.2 Å². The molecule has 4 aromatic carbocycles. The van der Waals surface area contributed by atoms with Gasteiger partial charge in [0.05, 0.1) is 39.1 Å². The third kappa shape index (κ3) is 6.97. The smallest absolute Gasteiger partial charge is 0.338 e. The normalized spacial score (nSPS) is 14.4. The van der Waals surface area contributed by atoms with Crippen molar-refractivity contribution >= 4 is 67.6 Å². The number of nitrogens with zero attached hydrogens (tertiary/aromatic N) is 2. The Morgan fingerprint density at radius 3 is 2.47 bits per heavy atom. The predicted octanol–water partition coefficient (Wildman–Crippen LogP) is 7.03. The quantitative estimate of drug-likeness (QED) is 0.118. The van der Waals surface area contributed by atoms with Crippen LogP contribution in [-0.2, 0) is 16.1 Å². The summed E-state index contributed by atoms with van der Waals surface area (Å²) in [7, 11) is 1.57. The fourth-order valence-corrected chi connectivity index (χ4v) is 7.30. The van der Waals surface area contributed by atoms with Gasteiger partial charge in [0, 0.05) is 10.0 Å². The number of rotatable bonds is 9. The van der Waals surface area contributed by atoms with Crippen LogP contribution in [0.4, 0.5) is 4.39 Å². The molecule has 0 aliphatic carbocycles. The summed E-state index contributed by atoms with van der Waals surface area (Å²) in [6.07, 6.45) is 1.77. The Bertz CT molecular complexity index is 2160. The lowest BCUT2D eigenvalue weighted by Crippen LogP contribution is -2.40. The van der Waals surface area contributed by atoms with Crippen LogP contribution < -0.4 is 24.4 Å². The minimum atomic E-state index is -0.896. The molecule has 0 amide bonds. The first-order valence-corrected chi connectivity index (χ1v) is 17.2. The number of esters is 1. The van der Waals surface area contributed by atoms with E-state index in [1.807, 2.05) is 66.7 Å². The minimum Gasteiger partial charge on any atom is -0.493 e. The highest BCUT2D eigenvalue weighted by Gasteiger charge is 2.35. The molecule has 5 aromatic rings. The van der Waals surface area contributed by atoms with E-state index < -0.39 is 17.8 Å². The second kappa shape index (κ2) is 14.4. The maximum atomic E-state index is 14.2. The molecule has 1 atom stereocenters. The van der Waals surface area contributed by atoms with Gasteiger partial charge in [0.1, 0.15) is 12.4 Å². The van der Waals surface area contributed by atoms with Crippen LogP contribution >= 0.6 is 49.9 Å². The molecule has 11 heteroatoms. The number of ether oxygens (including phenoxy) is 3. The van der Waals surface area contributed by atoms with Crippen molar-refractivity contribution in [2.24, 2.45) is 4.99 Å². The van der Waals surface area contributed by atoms with Crippen molar-refractivity contribution in [3.63, 3.8) is 0 Å². The van der Waals surface area contributed by atoms with Gasteiger partial charge in [-0.1, -0.05) is 81.9 Å². The Morgan fingerprint density at radius 1 is 1.06 bits per heavy atom. The van der Waals surface area contributed by atoms with E-state index in [1.165, 1.54) is 28.0 Å². The Balaban J connectivity index is 1.48. The van der Waals surface area contributed by atoms with Crippen LogP contribution in [0.2, 0.25) is 0 Å². The Hall–Kier alpha value is -4.07. The van der Waals surface area contributed by atoms with Crippen LogP contribution in [0.15, 0.2) is 111 Å². The molecule has 7 nitrogen and oxygen atoms in total. The predicted molar refractivity (Wildman–Crippen MR) is 192 cm³/mol. The van der Waals surface area contributed by atoms with Crippen molar-refractivity contribution in [2.75, 3.05) is 13.7 Å². The van der Waals surface area contributed by atoms with Gasteiger partial charge in [-0.2, -0.15) is 0 Å². The van der Waals surface area contributed by atoms with Crippen molar-refractivity contribution in [2.45, 2.75) is 19.6 Å². The van der Waals surface area contributed by atoms with E-state index in [1.54, 1.807) is 32.2 Å². The largest absolute Gasteiger partial charge is 0.493 e. The minimum absolute atomic E-state index is 0.133. The Morgan fingerprint density at radius 2 is 1.79 bits per heavy atom. The van der Waals surface area contributed by atoms with Gasteiger partial charge in [0.2, 0.25) is 0 Å². The number of aromatic nitrogens is 1. The van der Waals surface area contributed by atoms with Gasteiger partial charge < -0.3 is 14.2 Å². The number of carbonyl (C=O) groups excluding carboxylic acids is 1. The van der Waals surface area contributed by atoms with E-state index in [9.17, 15) is 14.0 Å². The molecule has 2 heterocycles. The van der Waals surface area contributed by atoms with Crippen molar-refractivity contribution < 1.29 is 23.4 Å². The lowest BCUT2D eigenvalue weighted by Gasteiger charge is -2.25. The number of hydrogen-bond acceptors (Lipinski definition) is 7. The van der Waals surface area contributed by atoms with Crippen LogP contribution in [0.1, 0.15) is 35.2 Å². The average molecular weight is 825 g/mol. The first-order valence-electron chi connectivity index (χ1n) is 14.6. The molecule has 0 fully saturated rings. The number of thiazole rings is 1. The summed E-state index contributed by atoms with van der Waals surface area (Å²) in [5.74, 6) is 0.0846. The summed E-state index contributed by atoms with van der Waals surface area (Å²) in [6.45, 7) is 2.21. The first-order chi connectivity index (χ1) is 22.8. The van der Waals surface area contributed by atoms with Crippen LogP contribution in [0.5, 0.6) is 11.5 Å². The topological polar surface area (TPSA) is 79.1 Å². The fraction of sp³-hybridized carbons (Fsp3) is 0.139. The highest BCUT2D eigenvalue weighted by molar-refractivity contribution is 14.1. The zero-order chi connectivity index (χ0) is 33.1. The third-order valence-electron chi connectivity index (χ3n) is 7.41. The second-order valence-corrected chi connectivity index (χ2v) is 13.5. The fourth-order valence-electron chi connectivity index (χ4n) is 5.25. The first kappa shape index (κ1) is 32.9. The highest BCUT2D eigenvalue weighted by Crippen LogP contribution is 2.36. The molecule has 1 aromatic heterocycles. The number of benzene rings is 4. The molecule has 0 saturated heterocycles. The molecule has 0 N–H and O–H groups in total. The van der Waals surface area contributed by atoms with E-state index >= 15 is 0 Å². The zero-order valence-electron chi connectivity index (χ0n) is 25.2. The van der Waals surface area contributed by atoms with Gasteiger partial charge >= 0.3 is 5.97 Å². The number of hydrogen-bond donors (Lipinski definition) is 0. The van der Waals surface area contributed by atoms with Crippen LogP contribution in [0, 0.1) is 9.39 Å². The summed E-state index contributed by atoms with van der Waals surface area (Å²) in [6, 6.07) is 25.7. The van der Waals surface area contributed by atoms with Gasteiger partial charge in [-0.15, -0.1) is 0 Å². The standard InChI is InChI=1S/C36H27BrFIN2O5S/c1-3-45-35(43)30-31(23-7-5-4-6-8-23)40-36-41(32(30)24-11-15-26(38)16-12-24)34(42)29(47-36)19-22-17-27(39)33(28(18-22)44-2)46-20-21-9-13-25(37)14-10-21/h4-19,32H,3,20H2,1-2H3/b29-19-/t32-/m1/s1. The average Bonchev–Trinajstić information content (AvgIpc) is 3.38. The van der Waals surface area contributed by atoms with Gasteiger partial charge in [0.15, 0.2) is 16.3 Å². The number of halogens is 3. The van der Waals surface area contributed by atoms with Gasteiger partial charge in [-0.3, -0.25) is 9.36 Å². The SMILES string of the molecule is CCOC(=O)C1=C(c2ccccc2)N=c2s/c(=C\c3cc(I)c(OCc4ccc(Br)cc4)c(OC)c3)c(=O)n2[C@@H]1c1ccc(F)cc1. The summed E-state index contributed by atoms with van der Waals surface area (Å²) >= 11 is 6.85. The van der Waals surface area contributed by atoms with Gasteiger partial charge in [-0.05, 0) is 88.7 Å². The molecular formula is C36H27BrFIN2O5S. The Kier molecular flexibility index (Phi) is 10.0. The molecule has 6 rings (SSSR count). The number of carbonyl (C=O) groups is 1. The maximum absolute atomic E-state index is 14.2. The van der Waals surface area contributed by atoms with Gasteiger partial charge in [0.25, 0.3) is 5.56 Å². The van der Waals surface area contributed by atoms with Crippen LogP contribution in [0.25, 0.3) is 11.8 Å². The molecule has 0 radical (unpaired) electrons. The van der Waals surface area contributed by atoms with Crippen molar-refractivity contribution in [1.29, 1.82) is 0 Å². The molecule has 0 bridgehead atoms. The molecule has 0 saturated carbocycles. The van der Waals surface area contributed by atoms with Crippen LogP contribution in [-0.4, -0.2) is 24.3 Å².